The minimum Gasteiger partial charge on any atom is -0.390 e. The topological polar surface area (TPSA) is 89.7 Å². The Balaban J connectivity index is 1.66. The highest BCUT2D eigenvalue weighted by atomic mass is 16.6. The molecule has 2 aliphatic carbocycles. The number of allylic oxidation sites excluding steroid dienone is 2. The molecule has 0 amide bonds. The summed E-state index contributed by atoms with van der Waals surface area (Å²) >= 11 is 0. The molecule has 1 aromatic carbocycles. The van der Waals surface area contributed by atoms with Crippen molar-refractivity contribution in [1.29, 1.82) is 0 Å². The van der Waals surface area contributed by atoms with E-state index in [2.05, 4.69) is 26.8 Å². The Bertz CT molecular complexity index is 785. The van der Waals surface area contributed by atoms with Crippen molar-refractivity contribution in [1.82, 2.24) is 0 Å². The zero-order chi connectivity index (χ0) is 20.5. The van der Waals surface area contributed by atoms with Crippen LogP contribution in [0.4, 0.5) is 5.69 Å². The largest absolute Gasteiger partial charge is 0.390 e. The average molecular weight is 387 g/mol. The molecule has 2 aliphatic rings. The van der Waals surface area contributed by atoms with Crippen LogP contribution in [0.1, 0.15) is 45.6 Å². The molecule has 0 bridgehead atoms. The lowest BCUT2D eigenvalue weighted by atomic mass is 9.54. The number of hydrogen-bond donors (Lipinski definition) is 1. The van der Waals surface area contributed by atoms with E-state index in [0.29, 0.717) is 17.9 Å². The summed E-state index contributed by atoms with van der Waals surface area (Å²) in [5, 5.41) is 21.9. The van der Waals surface area contributed by atoms with Gasteiger partial charge in [-0.2, -0.15) is 0 Å². The van der Waals surface area contributed by atoms with Gasteiger partial charge in [0.05, 0.1) is 35.7 Å². The van der Waals surface area contributed by atoms with Crippen LogP contribution in [0, 0.1) is 33.3 Å². The summed E-state index contributed by atoms with van der Waals surface area (Å²) in [5.41, 5.74) is 1.48. The summed E-state index contributed by atoms with van der Waals surface area (Å²) < 4.78 is 5.60. The number of benzene rings is 1. The number of nitro groups is 1. The van der Waals surface area contributed by atoms with Gasteiger partial charge in [0.15, 0.2) is 0 Å². The highest BCUT2D eigenvalue weighted by Gasteiger charge is 2.51. The highest BCUT2D eigenvalue weighted by Crippen LogP contribution is 2.52. The SMILES string of the molecule is CC1=C[C@@H]2CC(=O)C(C(O)COCc3ccccc3[N+](=O)[O-])C(C)(C)[C@@H]2CC1. The van der Waals surface area contributed by atoms with Crippen molar-refractivity contribution in [2.24, 2.45) is 23.2 Å². The lowest BCUT2D eigenvalue weighted by Gasteiger charge is -2.50. The van der Waals surface area contributed by atoms with Crippen LogP contribution in [0.3, 0.4) is 0 Å². The van der Waals surface area contributed by atoms with Crippen LogP contribution in [-0.4, -0.2) is 28.5 Å². The molecular formula is C22H29NO5. The van der Waals surface area contributed by atoms with E-state index in [1.165, 1.54) is 11.6 Å². The standard InChI is InChI=1S/C22H29NO5/c1-14-8-9-17-16(10-14)11-19(24)21(22(17,2)3)20(25)13-28-12-15-6-4-5-7-18(15)23(26)27/h4-7,10,16-17,20-21,25H,8-9,11-13H2,1-3H3/t16-,17-,20?,21?/m1/s1. The van der Waals surface area contributed by atoms with Crippen LogP contribution in [0.25, 0.3) is 0 Å². The maximum atomic E-state index is 12.9. The van der Waals surface area contributed by atoms with Gasteiger partial charge < -0.3 is 9.84 Å². The van der Waals surface area contributed by atoms with Crippen molar-refractivity contribution in [2.45, 2.75) is 52.7 Å². The Labute approximate surface area is 165 Å². The molecule has 6 nitrogen and oxygen atoms in total. The first kappa shape index (κ1) is 20.7. The molecule has 0 spiro atoms. The molecule has 4 atom stereocenters. The Kier molecular flexibility index (Phi) is 6.01. The number of carbonyl (C=O) groups is 1. The lowest BCUT2D eigenvalue weighted by molar-refractivity contribution is -0.386. The summed E-state index contributed by atoms with van der Waals surface area (Å²) in [7, 11) is 0. The third-order valence-corrected chi connectivity index (χ3v) is 6.53. The molecule has 6 heteroatoms. The van der Waals surface area contributed by atoms with Crippen LogP contribution >= 0.6 is 0 Å². The van der Waals surface area contributed by atoms with Gasteiger partial charge in [0.25, 0.3) is 5.69 Å². The monoisotopic (exact) mass is 387 g/mol. The molecule has 28 heavy (non-hydrogen) atoms. The van der Waals surface area contributed by atoms with E-state index in [4.69, 9.17) is 4.74 Å². The van der Waals surface area contributed by atoms with Gasteiger partial charge >= 0.3 is 0 Å². The summed E-state index contributed by atoms with van der Waals surface area (Å²) in [4.78, 5) is 23.5. The number of Topliss-reactive ketones (excluding diaryl/α,β-unsaturated/α-hetero) is 1. The van der Waals surface area contributed by atoms with Crippen LogP contribution in [0.15, 0.2) is 35.9 Å². The molecule has 0 heterocycles. The van der Waals surface area contributed by atoms with Gasteiger partial charge in [0, 0.05) is 12.5 Å². The van der Waals surface area contributed by atoms with Gasteiger partial charge in [-0.3, -0.25) is 14.9 Å². The van der Waals surface area contributed by atoms with Crippen molar-refractivity contribution in [2.75, 3.05) is 6.61 Å². The van der Waals surface area contributed by atoms with E-state index in [0.717, 1.165) is 12.8 Å². The first-order valence-electron chi connectivity index (χ1n) is 9.90. The molecule has 0 radical (unpaired) electrons. The third kappa shape index (κ3) is 4.03. The number of rotatable bonds is 6. The van der Waals surface area contributed by atoms with E-state index < -0.39 is 16.9 Å². The number of fused-ring (bicyclic) bond motifs is 1. The maximum absolute atomic E-state index is 12.9. The normalized spacial score (nSPS) is 27.6. The zero-order valence-corrected chi connectivity index (χ0v) is 16.8. The minimum atomic E-state index is -0.918. The minimum absolute atomic E-state index is 0.00160. The van der Waals surface area contributed by atoms with Crippen molar-refractivity contribution >= 4 is 11.5 Å². The molecule has 1 N–H and O–H groups in total. The number of aliphatic hydroxyl groups excluding tert-OH is 1. The van der Waals surface area contributed by atoms with Gasteiger partial charge in [-0.15, -0.1) is 0 Å². The molecule has 2 unspecified atom stereocenters. The first-order valence-corrected chi connectivity index (χ1v) is 9.90. The van der Waals surface area contributed by atoms with Crippen LogP contribution < -0.4 is 0 Å². The number of para-hydroxylation sites is 1. The molecule has 0 aromatic heterocycles. The van der Waals surface area contributed by atoms with Crippen molar-refractivity contribution < 1.29 is 19.6 Å². The first-order chi connectivity index (χ1) is 13.2. The smallest absolute Gasteiger partial charge is 0.274 e. The second kappa shape index (κ2) is 8.13. The lowest BCUT2D eigenvalue weighted by Crippen LogP contribution is -2.52. The second-order valence-corrected chi connectivity index (χ2v) is 8.76. The van der Waals surface area contributed by atoms with Gasteiger partial charge in [-0.1, -0.05) is 37.6 Å². The average Bonchev–Trinajstić information content (AvgIpc) is 2.61. The van der Waals surface area contributed by atoms with Gasteiger partial charge in [0.2, 0.25) is 0 Å². The number of hydrogen-bond acceptors (Lipinski definition) is 5. The van der Waals surface area contributed by atoms with E-state index in [1.807, 2.05) is 0 Å². The molecule has 1 fully saturated rings. The van der Waals surface area contributed by atoms with E-state index in [1.54, 1.807) is 18.2 Å². The van der Waals surface area contributed by atoms with Crippen molar-refractivity contribution in [3.8, 4) is 0 Å². The molecule has 0 saturated heterocycles. The fourth-order valence-corrected chi connectivity index (χ4v) is 5.20. The number of aliphatic hydroxyl groups is 1. The molecule has 0 aliphatic heterocycles. The summed E-state index contributed by atoms with van der Waals surface area (Å²) in [5.74, 6) is 0.224. The van der Waals surface area contributed by atoms with Crippen LogP contribution in [0.5, 0.6) is 0 Å². The number of nitro benzene ring substituents is 1. The fraction of sp³-hybridized carbons (Fsp3) is 0.591. The van der Waals surface area contributed by atoms with E-state index >= 15 is 0 Å². The predicted octanol–water partition coefficient (Wildman–Crippen LogP) is 4.06. The Morgan fingerprint density at radius 3 is 2.79 bits per heavy atom. The second-order valence-electron chi connectivity index (χ2n) is 8.76. The predicted molar refractivity (Wildman–Crippen MR) is 106 cm³/mol. The Morgan fingerprint density at radius 1 is 1.36 bits per heavy atom. The molecular weight excluding hydrogens is 358 g/mol. The van der Waals surface area contributed by atoms with Crippen LogP contribution in [0.2, 0.25) is 0 Å². The quantitative estimate of drug-likeness (QED) is 0.452. The van der Waals surface area contributed by atoms with E-state index in [9.17, 15) is 20.0 Å². The fourth-order valence-electron chi connectivity index (χ4n) is 5.20. The van der Waals surface area contributed by atoms with Crippen molar-refractivity contribution in [3.63, 3.8) is 0 Å². The summed E-state index contributed by atoms with van der Waals surface area (Å²) in [6, 6.07) is 6.40. The zero-order valence-electron chi connectivity index (χ0n) is 16.8. The highest BCUT2D eigenvalue weighted by molar-refractivity contribution is 5.84. The van der Waals surface area contributed by atoms with Crippen molar-refractivity contribution in [3.05, 3.63) is 51.6 Å². The van der Waals surface area contributed by atoms with Gasteiger partial charge in [-0.05, 0) is 43.1 Å². The third-order valence-electron chi connectivity index (χ3n) is 6.53. The number of ketones is 1. The number of nitrogens with zero attached hydrogens (tertiary/aromatic N) is 1. The van der Waals surface area contributed by atoms with E-state index in [-0.39, 0.29) is 36.0 Å². The number of ether oxygens (including phenoxy) is 1. The Hall–Kier alpha value is -2.05. The van der Waals surface area contributed by atoms with Gasteiger partial charge in [-0.25, -0.2) is 0 Å². The summed E-state index contributed by atoms with van der Waals surface area (Å²) in [6.07, 6.45) is 3.86. The summed E-state index contributed by atoms with van der Waals surface area (Å²) in [6.45, 7) is 6.28. The maximum Gasteiger partial charge on any atom is 0.274 e. The number of carbonyl (C=O) groups excluding carboxylic acids is 1. The molecule has 1 saturated carbocycles. The molecule has 3 rings (SSSR count). The van der Waals surface area contributed by atoms with Gasteiger partial charge in [0.1, 0.15) is 5.78 Å². The van der Waals surface area contributed by atoms with Crippen LogP contribution in [-0.2, 0) is 16.1 Å². The Morgan fingerprint density at radius 2 is 2.07 bits per heavy atom. The molecule has 152 valence electrons. The molecule has 1 aromatic rings.